The van der Waals surface area contributed by atoms with Crippen molar-refractivity contribution >= 4 is 0 Å². The van der Waals surface area contributed by atoms with Crippen LogP contribution in [0.1, 0.15) is 23.6 Å². The monoisotopic (exact) mass is 219 g/mol. The molecule has 2 nitrogen and oxygen atoms in total. The Morgan fingerprint density at radius 1 is 1.27 bits per heavy atom. The molecule has 1 rings (SSSR count). The van der Waals surface area contributed by atoms with Crippen LogP contribution < -0.4 is 5.73 Å². The highest BCUT2D eigenvalue weighted by Crippen LogP contribution is 2.34. The van der Waals surface area contributed by atoms with Crippen LogP contribution in [0, 0.1) is 0 Å². The molecule has 0 aromatic heterocycles. The Hall–Kier alpha value is -1.07. The molecular formula is C10H12F3NO. The summed E-state index contributed by atoms with van der Waals surface area (Å²) in [7, 11) is 0. The summed E-state index contributed by atoms with van der Waals surface area (Å²) in [5.74, 6) is 0. The quantitative estimate of drug-likeness (QED) is 0.817. The Kier molecular flexibility index (Phi) is 3.71. The molecule has 0 fully saturated rings. The van der Waals surface area contributed by atoms with Gasteiger partial charge in [-0.3, -0.25) is 0 Å². The van der Waals surface area contributed by atoms with Crippen LogP contribution in [0.3, 0.4) is 0 Å². The molecule has 0 saturated carbocycles. The molecule has 1 aromatic rings. The summed E-state index contributed by atoms with van der Waals surface area (Å²) in [6.45, 7) is -0.229. The predicted molar refractivity (Wildman–Crippen MR) is 50.1 cm³/mol. The Morgan fingerprint density at radius 3 is 2.40 bits per heavy atom. The van der Waals surface area contributed by atoms with Crippen LogP contribution in [0.15, 0.2) is 24.3 Å². The summed E-state index contributed by atoms with van der Waals surface area (Å²) in [4.78, 5) is 0. The lowest BCUT2D eigenvalue weighted by molar-refractivity contribution is -0.138. The second-order valence-corrected chi connectivity index (χ2v) is 3.20. The first-order chi connectivity index (χ1) is 6.96. The van der Waals surface area contributed by atoms with Crippen LogP contribution in [0.2, 0.25) is 0 Å². The Morgan fingerprint density at radius 2 is 1.87 bits per heavy atom. The maximum Gasteiger partial charge on any atom is 0.416 e. The number of halogens is 3. The molecule has 84 valence electrons. The molecule has 1 atom stereocenters. The van der Waals surface area contributed by atoms with Gasteiger partial charge < -0.3 is 10.8 Å². The van der Waals surface area contributed by atoms with E-state index < -0.39 is 17.8 Å². The molecule has 0 spiro atoms. The lowest BCUT2D eigenvalue weighted by Crippen LogP contribution is -2.18. The summed E-state index contributed by atoms with van der Waals surface area (Å²) >= 11 is 0. The van der Waals surface area contributed by atoms with Gasteiger partial charge in [-0.1, -0.05) is 18.2 Å². The second-order valence-electron chi connectivity index (χ2n) is 3.20. The van der Waals surface area contributed by atoms with E-state index in [4.69, 9.17) is 10.8 Å². The van der Waals surface area contributed by atoms with E-state index in [1.54, 1.807) is 0 Å². The topological polar surface area (TPSA) is 46.2 Å². The lowest BCUT2D eigenvalue weighted by Gasteiger charge is -2.17. The highest BCUT2D eigenvalue weighted by molar-refractivity contribution is 5.32. The minimum atomic E-state index is -4.40. The third-order valence-corrected chi connectivity index (χ3v) is 2.11. The molecule has 1 aromatic carbocycles. The number of rotatable bonds is 3. The van der Waals surface area contributed by atoms with Gasteiger partial charge in [0.25, 0.3) is 0 Å². The zero-order chi connectivity index (χ0) is 11.5. The first-order valence-electron chi connectivity index (χ1n) is 4.49. The smallest absolute Gasteiger partial charge is 0.396 e. The van der Waals surface area contributed by atoms with Gasteiger partial charge in [0.15, 0.2) is 0 Å². The van der Waals surface area contributed by atoms with Crippen molar-refractivity contribution in [2.45, 2.75) is 18.6 Å². The van der Waals surface area contributed by atoms with Crippen molar-refractivity contribution in [3.05, 3.63) is 35.4 Å². The van der Waals surface area contributed by atoms with Gasteiger partial charge in [0.05, 0.1) is 5.56 Å². The number of benzene rings is 1. The van der Waals surface area contributed by atoms with Crippen LogP contribution in [-0.2, 0) is 6.18 Å². The van der Waals surface area contributed by atoms with Gasteiger partial charge in [0.1, 0.15) is 0 Å². The molecule has 0 saturated heterocycles. The van der Waals surface area contributed by atoms with E-state index >= 15 is 0 Å². The fraction of sp³-hybridized carbons (Fsp3) is 0.400. The van der Waals surface area contributed by atoms with Crippen molar-refractivity contribution < 1.29 is 18.3 Å². The third kappa shape index (κ3) is 2.94. The van der Waals surface area contributed by atoms with E-state index in [1.165, 1.54) is 18.2 Å². The number of alkyl halides is 3. The van der Waals surface area contributed by atoms with Gasteiger partial charge >= 0.3 is 6.18 Å². The fourth-order valence-corrected chi connectivity index (χ4v) is 1.37. The summed E-state index contributed by atoms with van der Waals surface area (Å²) < 4.78 is 37.6. The largest absolute Gasteiger partial charge is 0.416 e. The van der Waals surface area contributed by atoms with Gasteiger partial charge in [-0.15, -0.1) is 0 Å². The third-order valence-electron chi connectivity index (χ3n) is 2.11. The average Bonchev–Trinajstić information content (AvgIpc) is 2.17. The van der Waals surface area contributed by atoms with E-state index in [1.807, 2.05) is 0 Å². The minimum absolute atomic E-state index is 0.0269. The number of nitrogens with two attached hydrogens (primary N) is 1. The van der Waals surface area contributed by atoms with Crippen LogP contribution >= 0.6 is 0 Å². The van der Waals surface area contributed by atoms with Gasteiger partial charge in [-0.05, 0) is 18.1 Å². The molecule has 3 N–H and O–H groups in total. The maximum atomic E-state index is 12.5. The molecule has 0 aliphatic carbocycles. The van der Waals surface area contributed by atoms with E-state index in [-0.39, 0.29) is 18.6 Å². The van der Waals surface area contributed by atoms with Crippen LogP contribution in [0.5, 0.6) is 0 Å². The molecular weight excluding hydrogens is 207 g/mol. The summed E-state index contributed by atoms with van der Waals surface area (Å²) in [5.41, 5.74) is 4.84. The lowest BCUT2D eigenvalue weighted by atomic mass is 9.98. The van der Waals surface area contributed by atoms with Crippen molar-refractivity contribution in [3.8, 4) is 0 Å². The summed E-state index contributed by atoms with van der Waals surface area (Å²) in [6.07, 6.45) is -4.28. The van der Waals surface area contributed by atoms with Gasteiger partial charge in [-0.25, -0.2) is 0 Å². The molecule has 0 amide bonds. The van der Waals surface area contributed by atoms with Gasteiger partial charge in [-0.2, -0.15) is 13.2 Å². The maximum absolute atomic E-state index is 12.5. The molecule has 1 unspecified atom stereocenters. The van der Waals surface area contributed by atoms with Gasteiger partial charge in [0, 0.05) is 12.6 Å². The van der Waals surface area contributed by atoms with Crippen molar-refractivity contribution in [1.29, 1.82) is 0 Å². The highest BCUT2D eigenvalue weighted by atomic mass is 19.4. The fourth-order valence-electron chi connectivity index (χ4n) is 1.37. The average molecular weight is 219 g/mol. The number of hydrogen-bond donors (Lipinski definition) is 2. The molecule has 0 heterocycles. The van der Waals surface area contributed by atoms with Crippen molar-refractivity contribution in [3.63, 3.8) is 0 Å². The summed E-state index contributed by atoms with van der Waals surface area (Å²) in [6, 6.07) is 4.36. The summed E-state index contributed by atoms with van der Waals surface area (Å²) in [5, 5.41) is 8.63. The van der Waals surface area contributed by atoms with E-state index in [0.29, 0.717) is 0 Å². The number of aliphatic hydroxyl groups is 1. The highest BCUT2D eigenvalue weighted by Gasteiger charge is 2.34. The van der Waals surface area contributed by atoms with Crippen LogP contribution in [-0.4, -0.2) is 11.7 Å². The molecule has 15 heavy (non-hydrogen) atoms. The normalized spacial score (nSPS) is 13.9. The Labute approximate surface area is 85.5 Å². The van der Waals surface area contributed by atoms with E-state index in [9.17, 15) is 13.2 Å². The molecule has 0 aliphatic heterocycles. The standard InChI is InChI=1S/C10H12F3NO/c11-10(12,13)8-4-2-1-3-7(8)9(14)5-6-15/h1-4,9,15H,5-6,14H2. The Bertz CT molecular complexity index is 325. The van der Waals surface area contributed by atoms with E-state index in [2.05, 4.69) is 0 Å². The van der Waals surface area contributed by atoms with Crippen molar-refractivity contribution in [2.75, 3.05) is 6.61 Å². The molecule has 5 heteroatoms. The number of hydrogen-bond acceptors (Lipinski definition) is 2. The van der Waals surface area contributed by atoms with Crippen molar-refractivity contribution in [2.24, 2.45) is 5.73 Å². The van der Waals surface area contributed by atoms with Crippen LogP contribution in [0.25, 0.3) is 0 Å². The predicted octanol–water partition coefficient (Wildman–Crippen LogP) is 2.09. The minimum Gasteiger partial charge on any atom is -0.396 e. The zero-order valence-corrected chi connectivity index (χ0v) is 7.96. The zero-order valence-electron chi connectivity index (χ0n) is 7.96. The van der Waals surface area contributed by atoms with Gasteiger partial charge in [0.2, 0.25) is 0 Å². The number of aliphatic hydroxyl groups excluding tert-OH is 1. The van der Waals surface area contributed by atoms with E-state index in [0.717, 1.165) is 6.07 Å². The first kappa shape index (κ1) is 12.0. The second kappa shape index (κ2) is 4.63. The van der Waals surface area contributed by atoms with Crippen molar-refractivity contribution in [1.82, 2.24) is 0 Å². The Balaban J connectivity index is 3.06. The SMILES string of the molecule is NC(CCO)c1ccccc1C(F)(F)F. The molecule has 0 aliphatic rings. The molecule has 0 radical (unpaired) electrons. The van der Waals surface area contributed by atoms with Crippen LogP contribution in [0.4, 0.5) is 13.2 Å². The molecule has 0 bridgehead atoms. The first-order valence-corrected chi connectivity index (χ1v) is 4.49.